The lowest BCUT2D eigenvalue weighted by Gasteiger charge is -2.60. The van der Waals surface area contributed by atoms with Gasteiger partial charge in [-0.15, -0.1) is 11.8 Å². The highest BCUT2D eigenvalue weighted by atomic mass is 32.2. The number of rotatable bonds is 3. The second-order valence-corrected chi connectivity index (χ2v) is 17.1. The molecule has 8 atom stereocenters. The van der Waals surface area contributed by atoms with E-state index in [1.54, 1.807) is 0 Å². The number of esters is 2. The fourth-order valence-electron chi connectivity index (χ4n) is 10.7. The summed E-state index contributed by atoms with van der Waals surface area (Å²) in [5.41, 5.74) is 9.04. The van der Waals surface area contributed by atoms with Crippen LogP contribution in [0.4, 0.5) is 0 Å². The summed E-state index contributed by atoms with van der Waals surface area (Å²) in [4.78, 5) is 32.1. The number of aromatic hydroxyl groups is 1. The summed E-state index contributed by atoms with van der Waals surface area (Å²) in [7, 11) is 3.48. The zero-order valence-electron chi connectivity index (χ0n) is 31.8. The largest absolute Gasteiger partial charge is 0.504 e. The number of furan rings is 1. The van der Waals surface area contributed by atoms with E-state index in [1.165, 1.54) is 25.8 Å². The van der Waals surface area contributed by atoms with Gasteiger partial charge >= 0.3 is 11.9 Å². The predicted molar refractivity (Wildman–Crippen MR) is 204 cm³/mol. The number of para-hydroxylation sites is 1. The summed E-state index contributed by atoms with van der Waals surface area (Å²) in [5.74, 6) is 1.17. The number of nitrogens with one attached hydrogen (secondary N) is 1. The Balaban J connectivity index is 1.26. The number of ether oxygens (including phenoxy) is 5. The summed E-state index contributed by atoms with van der Waals surface area (Å²) < 4.78 is 37.3. The molecule has 9 heterocycles. The third-order valence-corrected chi connectivity index (χ3v) is 14.2. The number of hydrogen-bond acceptors (Lipinski definition) is 15. The van der Waals surface area contributed by atoms with Crippen molar-refractivity contribution in [2.24, 2.45) is 5.73 Å². The van der Waals surface area contributed by atoms with Gasteiger partial charge in [0, 0.05) is 77.5 Å². The first-order valence-corrected chi connectivity index (χ1v) is 20.0. The topological polar surface area (TPSA) is 178 Å². The van der Waals surface area contributed by atoms with Crippen LogP contribution < -0.4 is 30.0 Å². The lowest BCUT2D eigenvalue weighted by Crippen LogP contribution is -2.70. The maximum Gasteiger partial charge on any atom is 0.335 e. The third-order valence-electron chi connectivity index (χ3n) is 12.7. The van der Waals surface area contributed by atoms with Crippen LogP contribution >= 0.6 is 11.8 Å². The quantitative estimate of drug-likeness (QED) is 0.174. The number of phenols is 1. The first-order chi connectivity index (χ1) is 26.9. The van der Waals surface area contributed by atoms with Gasteiger partial charge in [0.15, 0.2) is 28.5 Å². The van der Waals surface area contributed by atoms with Gasteiger partial charge in [-0.25, -0.2) is 4.79 Å². The summed E-state index contributed by atoms with van der Waals surface area (Å²) >= 11 is 1.48. The number of thioether (sulfide) groups is 1. The van der Waals surface area contributed by atoms with E-state index in [9.17, 15) is 19.8 Å². The molecule has 15 heteroatoms. The highest BCUT2D eigenvalue weighted by Gasteiger charge is 2.64. The number of hydrogen-bond donors (Lipinski definition) is 4. The second kappa shape index (κ2) is 12.5. The van der Waals surface area contributed by atoms with Crippen LogP contribution in [0.1, 0.15) is 69.0 Å². The van der Waals surface area contributed by atoms with Crippen molar-refractivity contribution in [3.8, 4) is 28.7 Å². The van der Waals surface area contributed by atoms with Crippen molar-refractivity contribution in [1.29, 1.82) is 0 Å². The third kappa shape index (κ3) is 4.75. The van der Waals surface area contributed by atoms with Gasteiger partial charge in [-0.2, -0.15) is 0 Å². The lowest BCUT2D eigenvalue weighted by atomic mass is 9.78. The maximum absolute atomic E-state index is 15.0. The van der Waals surface area contributed by atoms with E-state index in [0.29, 0.717) is 63.0 Å². The molecule has 1 aromatic heterocycles. The summed E-state index contributed by atoms with van der Waals surface area (Å²) in [6, 6.07) is 7.56. The molecule has 294 valence electrons. The van der Waals surface area contributed by atoms with Gasteiger partial charge in [-0.1, -0.05) is 24.3 Å². The van der Waals surface area contributed by atoms with Gasteiger partial charge < -0.3 is 44.0 Å². The van der Waals surface area contributed by atoms with Gasteiger partial charge in [-0.3, -0.25) is 19.9 Å². The monoisotopic (exact) mass is 784 g/mol. The standard InChI is InChI=1S/C41H44N4O10S/c1-18-10-21-12-40(49)15-44(4)30(27(21)32(47)33(18)50-5)31-37-29-28(36-35(52-17-53-36)19(2)34(29)54-20(3)46)25(45(31)40)14-51-39(48)41(16-56-37)38-24(11-22(13-42)43-41)23-8-6-7-9-26(23)55-38/h6-10,22,25,30-31,37,43,47,49H,11-17,42H2,1-5H3/t22-,25+,30-,31-,37-,40?,41-/m1/s1. The molecule has 2 unspecified atom stereocenters. The van der Waals surface area contributed by atoms with Gasteiger partial charge in [-0.05, 0) is 44.5 Å². The molecule has 5 N–H and O–H groups in total. The molecule has 0 radical (unpaired) electrons. The zero-order valence-corrected chi connectivity index (χ0v) is 32.6. The Bertz CT molecular complexity index is 2370. The number of fused-ring (bicyclic) bond motifs is 8. The van der Waals surface area contributed by atoms with Gasteiger partial charge in [0.05, 0.1) is 24.4 Å². The van der Waals surface area contributed by atoms with Crippen LogP contribution in [-0.2, 0) is 32.7 Å². The van der Waals surface area contributed by atoms with Crippen molar-refractivity contribution >= 4 is 34.7 Å². The molecule has 0 amide bonds. The van der Waals surface area contributed by atoms with Crippen LogP contribution in [0.2, 0.25) is 0 Å². The summed E-state index contributed by atoms with van der Waals surface area (Å²) in [5, 5.41) is 29.2. The number of aryl methyl sites for hydroxylation is 1. The molecule has 4 aromatic rings. The molecule has 8 aliphatic rings. The molecule has 56 heavy (non-hydrogen) atoms. The molecule has 4 bridgehead atoms. The number of aliphatic hydroxyl groups is 1. The summed E-state index contributed by atoms with van der Waals surface area (Å²) in [6.45, 7) is 5.29. The van der Waals surface area contributed by atoms with E-state index in [-0.39, 0.29) is 50.5 Å². The highest BCUT2D eigenvalue weighted by molar-refractivity contribution is 7.99. The minimum Gasteiger partial charge on any atom is -0.504 e. The van der Waals surface area contributed by atoms with Crippen molar-refractivity contribution < 1.29 is 47.9 Å². The van der Waals surface area contributed by atoms with Crippen molar-refractivity contribution in [3.63, 3.8) is 0 Å². The van der Waals surface area contributed by atoms with Gasteiger partial charge in [0.2, 0.25) is 6.79 Å². The number of carbonyl (C=O) groups excluding carboxylic acids is 2. The van der Waals surface area contributed by atoms with E-state index in [0.717, 1.165) is 22.1 Å². The molecular formula is C41H44N4O10S. The predicted octanol–water partition coefficient (Wildman–Crippen LogP) is 3.77. The average Bonchev–Trinajstić information content (AvgIpc) is 3.76. The van der Waals surface area contributed by atoms with Crippen LogP contribution in [0.15, 0.2) is 34.7 Å². The Morgan fingerprint density at radius 1 is 1.12 bits per heavy atom. The van der Waals surface area contributed by atoms with Crippen LogP contribution in [0.5, 0.6) is 28.7 Å². The van der Waals surface area contributed by atoms with Gasteiger partial charge in [0.25, 0.3) is 0 Å². The van der Waals surface area contributed by atoms with E-state index in [1.807, 2.05) is 51.2 Å². The number of nitrogens with two attached hydrogens (primary N) is 1. The van der Waals surface area contributed by atoms with Gasteiger partial charge in [0.1, 0.15) is 29.4 Å². The van der Waals surface area contributed by atoms with Crippen molar-refractivity contribution in [2.45, 2.75) is 74.3 Å². The maximum atomic E-state index is 15.0. The fourth-order valence-corrected chi connectivity index (χ4v) is 12.3. The Kier molecular flexibility index (Phi) is 8.00. The minimum absolute atomic E-state index is 0.0141. The van der Waals surface area contributed by atoms with Crippen LogP contribution in [0.3, 0.4) is 0 Å². The number of likely N-dealkylation sites (N-methyl/N-ethyl adjacent to an activating group) is 1. The molecule has 0 aliphatic carbocycles. The number of piperazine rings is 1. The first kappa shape index (κ1) is 35.9. The SMILES string of the molecule is COc1c(C)cc2c(c1O)[C@@H]1[C@@H]3[C@@H]4SC[C@]5(N[C@@H](CN)Cc6c5oc5ccccc65)C(=O)OC[C@@H](c5c6c(c(C)c(OC(C)=O)c54)OCO6)N3C(O)(C2)CN1C. The first-order valence-electron chi connectivity index (χ1n) is 18.9. The van der Waals surface area contributed by atoms with E-state index < -0.39 is 46.6 Å². The fraction of sp³-hybridized carbons (Fsp3) is 0.463. The molecule has 2 fully saturated rings. The zero-order chi connectivity index (χ0) is 39.0. The molecule has 0 saturated carbocycles. The van der Waals surface area contributed by atoms with E-state index >= 15 is 0 Å². The molecule has 1 spiro atoms. The average molecular weight is 785 g/mol. The number of carbonyl (C=O) groups is 2. The normalized spacial score (nSPS) is 31.3. The Morgan fingerprint density at radius 3 is 2.68 bits per heavy atom. The second-order valence-electron chi connectivity index (χ2n) is 15.9. The Hall–Kier alpha value is -4.51. The minimum atomic E-state index is -1.52. The molecule has 12 rings (SSSR count). The highest BCUT2D eigenvalue weighted by Crippen LogP contribution is 2.65. The van der Waals surface area contributed by atoms with Crippen molar-refractivity contribution in [1.82, 2.24) is 15.1 Å². The molecule has 2 saturated heterocycles. The number of methoxy groups -OCH3 is 1. The number of phenolic OH excluding ortho intramolecular Hbond substituents is 1. The number of benzene rings is 3. The molecule has 14 nitrogen and oxygen atoms in total. The van der Waals surface area contributed by atoms with Crippen molar-refractivity contribution in [3.05, 3.63) is 75.0 Å². The number of nitrogens with zero attached hydrogens (tertiary/aromatic N) is 2. The van der Waals surface area contributed by atoms with E-state index in [2.05, 4.69) is 15.1 Å². The van der Waals surface area contributed by atoms with E-state index in [4.69, 9.17) is 33.8 Å². The van der Waals surface area contributed by atoms with Crippen LogP contribution in [0, 0.1) is 13.8 Å². The van der Waals surface area contributed by atoms with Crippen LogP contribution in [0.25, 0.3) is 11.0 Å². The Labute approximate surface area is 327 Å². The lowest BCUT2D eigenvalue weighted by molar-refractivity contribution is -0.215. The molecule has 3 aromatic carbocycles. The summed E-state index contributed by atoms with van der Waals surface area (Å²) in [6.07, 6.45) is 0.730. The Morgan fingerprint density at radius 2 is 1.91 bits per heavy atom. The smallest absolute Gasteiger partial charge is 0.335 e. The molecule has 8 aliphatic heterocycles. The van der Waals surface area contributed by atoms with Crippen molar-refractivity contribution in [2.75, 3.05) is 46.4 Å². The molecular weight excluding hydrogens is 741 g/mol. The van der Waals surface area contributed by atoms with Crippen LogP contribution in [-0.4, -0.2) is 96.2 Å².